The summed E-state index contributed by atoms with van der Waals surface area (Å²) in [7, 11) is 1.58. The minimum Gasteiger partial charge on any atom is -0.354 e. The normalized spacial score (nSPS) is 10.6. The Kier molecular flexibility index (Phi) is 4.07. The van der Waals surface area contributed by atoms with Crippen molar-refractivity contribution < 1.29 is 8.78 Å². The van der Waals surface area contributed by atoms with Gasteiger partial charge in [0.1, 0.15) is 5.82 Å². The summed E-state index contributed by atoms with van der Waals surface area (Å²) in [6.07, 6.45) is -0.765. The van der Waals surface area contributed by atoms with Gasteiger partial charge in [0.2, 0.25) is 0 Å². The first-order chi connectivity index (χ1) is 6.63. The molecule has 1 rings (SSSR count). The van der Waals surface area contributed by atoms with Crippen LogP contribution >= 0.6 is 11.6 Å². The summed E-state index contributed by atoms with van der Waals surface area (Å²) in [5.41, 5.74) is 0.876. The van der Waals surface area contributed by atoms with Gasteiger partial charge in [-0.05, 0) is 11.6 Å². The van der Waals surface area contributed by atoms with E-state index in [-0.39, 0.29) is 6.54 Å². The molecule has 0 saturated heterocycles. The standard InChI is InChI=1S/C9H11ClF2N2/c1-14(6-8(11)12)9-3-2-7(4-10)5-13-9/h2-3,5,8H,4,6H2,1H3. The van der Waals surface area contributed by atoms with Gasteiger partial charge < -0.3 is 4.90 Å². The maximum absolute atomic E-state index is 12.0. The second-order valence-corrected chi connectivity index (χ2v) is 3.20. The van der Waals surface area contributed by atoms with E-state index in [1.165, 1.54) is 4.90 Å². The predicted octanol–water partition coefficient (Wildman–Crippen LogP) is 2.52. The van der Waals surface area contributed by atoms with Crippen molar-refractivity contribution in [2.75, 3.05) is 18.5 Å². The first-order valence-corrected chi connectivity index (χ1v) is 4.67. The van der Waals surface area contributed by atoms with Gasteiger partial charge in [-0.25, -0.2) is 13.8 Å². The first kappa shape index (κ1) is 11.2. The minimum absolute atomic E-state index is 0.312. The van der Waals surface area contributed by atoms with Crippen molar-refractivity contribution in [2.45, 2.75) is 12.3 Å². The van der Waals surface area contributed by atoms with Gasteiger partial charge in [-0.2, -0.15) is 0 Å². The average molecular weight is 221 g/mol. The molecular formula is C9H11ClF2N2. The highest BCUT2D eigenvalue weighted by molar-refractivity contribution is 6.17. The van der Waals surface area contributed by atoms with Crippen LogP contribution in [0.25, 0.3) is 0 Å². The number of nitrogens with zero attached hydrogens (tertiary/aromatic N) is 2. The Bertz CT molecular complexity index is 277. The van der Waals surface area contributed by atoms with Gasteiger partial charge in [0.25, 0.3) is 6.43 Å². The summed E-state index contributed by atoms with van der Waals surface area (Å²) in [5.74, 6) is 0.908. The smallest absolute Gasteiger partial charge is 0.255 e. The lowest BCUT2D eigenvalue weighted by Gasteiger charge is -2.17. The molecule has 0 fully saturated rings. The quantitative estimate of drug-likeness (QED) is 0.725. The molecule has 0 bridgehead atoms. The summed E-state index contributed by atoms with van der Waals surface area (Å²) in [5, 5.41) is 0. The van der Waals surface area contributed by atoms with Crippen molar-refractivity contribution in [3.05, 3.63) is 23.9 Å². The zero-order valence-electron chi connectivity index (χ0n) is 7.75. The van der Waals surface area contributed by atoms with Gasteiger partial charge >= 0.3 is 0 Å². The van der Waals surface area contributed by atoms with E-state index in [1.54, 1.807) is 25.4 Å². The van der Waals surface area contributed by atoms with Crippen LogP contribution in [-0.4, -0.2) is 25.0 Å². The van der Waals surface area contributed by atoms with Gasteiger partial charge in [0.15, 0.2) is 0 Å². The molecular weight excluding hydrogens is 210 g/mol. The molecule has 1 aromatic rings. The molecule has 0 aliphatic carbocycles. The predicted molar refractivity (Wildman–Crippen MR) is 53.1 cm³/mol. The highest BCUT2D eigenvalue weighted by Crippen LogP contribution is 2.12. The number of pyridine rings is 1. The molecule has 5 heteroatoms. The third kappa shape index (κ3) is 3.10. The Morgan fingerprint density at radius 1 is 1.50 bits per heavy atom. The molecule has 0 unspecified atom stereocenters. The van der Waals surface area contributed by atoms with Crippen molar-refractivity contribution in [2.24, 2.45) is 0 Å². The van der Waals surface area contributed by atoms with Crippen LogP contribution in [-0.2, 0) is 5.88 Å². The summed E-state index contributed by atoms with van der Waals surface area (Å²) < 4.78 is 24.1. The number of rotatable bonds is 4. The van der Waals surface area contributed by atoms with Crippen molar-refractivity contribution in [3.8, 4) is 0 Å². The van der Waals surface area contributed by atoms with Crippen molar-refractivity contribution in [1.82, 2.24) is 4.98 Å². The molecule has 78 valence electrons. The molecule has 0 aromatic carbocycles. The lowest BCUT2D eigenvalue weighted by atomic mass is 10.3. The zero-order chi connectivity index (χ0) is 10.6. The molecule has 1 heterocycles. The van der Waals surface area contributed by atoms with E-state index < -0.39 is 6.43 Å². The van der Waals surface area contributed by atoms with Crippen LogP contribution in [0.1, 0.15) is 5.56 Å². The van der Waals surface area contributed by atoms with Crippen LogP contribution in [0.2, 0.25) is 0 Å². The molecule has 0 saturated carbocycles. The second kappa shape index (κ2) is 5.10. The summed E-state index contributed by atoms with van der Waals surface area (Å²) in [6.45, 7) is -0.312. The Morgan fingerprint density at radius 3 is 2.64 bits per heavy atom. The summed E-state index contributed by atoms with van der Waals surface area (Å²) >= 11 is 5.57. The maximum atomic E-state index is 12.0. The number of anilines is 1. The van der Waals surface area contributed by atoms with Crippen LogP contribution in [0.4, 0.5) is 14.6 Å². The fourth-order valence-electron chi connectivity index (χ4n) is 1.02. The molecule has 0 atom stereocenters. The van der Waals surface area contributed by atoms with Crippen LogP contribution in [0.3, 0.4) is 0 Å². The van der Waals surface area contributed by atoms with Gasteiger partial charge in [0.05, 0.1) is 6.54 Å². The van der Waals surface area contributed by atoms with Crippen molar-refractivity contribution in [1.29, 1.82) is 0 Å². The third-order valence-electron chi connectivity index (χ3n) is 1.77. The fraction of sp³-hybridized carbons (Fsp3) is 0.444. The van der Waals surface area contributed by atoms with E-state index in [4.69, 9.17) is 11.6 Å². The SMILES string of the molecule is CN(CC(F)F)c1ccc(CCl)cn1. The number of hydrogen-bond donors (Lipinski definition) is 0. The Morgan fingerprint density at radius 2 is 2.21 bits per heavy atom. The Balaban J connectivity index is 2.66. The van der Waals surface area contributed by atoms with E-state index in [0.717, 1.165) is 5.56 Å². The monoisotopic (exact) mass is 220 g/mol. The van der Waals surface area contributed by atoms with Crippen LogP contribution in [0.15, 0.2) is 18.3 Å². The molecule has 0 aliphatic rings. The largest absolute Gasteiger partial charge is 0.354 e. The number of halogens is 3. The maximum Gasteiger partial charge on any atom is 0.255 e. The van der Waals surface area contributed by atoms with Gasteiger partial charge in [-0.15, -0.1) is 11.6 Å². The molecule has 14 heavy (non-hydrogen) atoms. The highest BCUT2D eigenvalue weighted by Gasteiger charge is 2.08. The summed E-state index contributed by atoms with van der Waals surface area (Å²) in [4.78, 5) is 5.42. The lowest BCUT2D eigenvalue weighted by molar-refractivity contribution is 0.156. The number of hydrogen-bond acceptors (Lipinski definition) is 2. The highest BCUT2D eigenvalue weighted by atomic mass is 35.5. The van der Waals surface area contributed by atoms with Crippen LogP contribution < -0.4 is 4.90 Å². The van der Waals surface area contributed by atoms with E-state index in [9.17, 15) is 8.78 Å². The lowest BCUT2D eigenvalue weighted by Crippen LogP contribution is -2.24. The first-order valence-electron chi connectivity index (χ1n) is 4.13. The van der Waals surface area contributed by atoms with Gasteiger partial charge in [0, 0.05) is 19.1 Å². The molecule has 0 spiro atoms. The molecule has 0 radical (unpaired) electrons. The number of alkyl halides is 3. The average Bonchev–Trinajstić information content (AvgIpc) is 2.17. The molecule has 0 amide bonds. The van der Waals surface area contributed by atoms with E-state index in [1.807, 2.05) is 0 Å². The second-order valence-electron chi connectivity index (χ2n) is 2.93. The molecule has 2 nitrogen and oxygen atoms in total. The van der Waals surface area contributed by atoms with E-state index >= 15 is 0 Å². The fourth-order valence-corrected chi connectivity index (χ4v) is 1.18. The van der Waals surface area contributed by atoms with Crippen LogP contribution in [0, 0.1) is 0 Å². The van der Waals surface area contributed by atoms with Crippen molar-refractivity contribution >= 4 is 17.4 Å². The number of aromatic nitrogens is 1. The molecule has 0 N–H and O–H groups in total. The molecule has 0 aliphatic heterocycles. The topological polar surface area (TPSA) is 16.1 Å². The Labute approximate surface area is 86.5 Å². The van der Waals surface area contributed by atoms with Gasteiger partial charge in [-0.1, -0.05) is 6.07 Å². The van der Waals surface area contributed by atoms with E-state index in [0.29, 0.717) is 11.7 Å². The van der Waals surface area contributed by atoms with Crippen LogP contribution in [0.5, 0.6) is 0 Å². The zero-order valence-corrected chi connectivity index (χ0v) is 8.51. The van der Waals surface area contributed by atoms with E-state index in [2.05, 4.69) is 4.98 Å². The third-order valence-corrected chi connectivity index (χ3v) is 2.08. The minimum atomic E-state index is -2.35. The summed E-state index contributed by atoms with van der Waals surface area (Å²) in [6, 6.07) is 3.46. The van der Waals surface area contributed by atoms with Gasteiger partial charge in [-0.3, -0.25) is 0 Å². The molecule has 1 aromatic heterocycles. The van der Waals surface area contributed by atoms with Crippen molar-refractivity contribution in [3.63, 3.8) is 0 Å². The Hall–Kier alpha value is -0.900.